The molecule has 0 aromatic heterocycles. The van der Waals surface area contributed by atoms with Crippen molar-refractivity contribution in [3.05, 3.63) is 64.7 Å². The van der Waals surface area contributed by atoms with Crippen LogP contribution in [0.25, 0.3) is 0 Å². The fraction of sp³-hybridized carbons (Fsp3) is 0.133. The third-order valence-electron chi connectivity index (χ3n) is 2.76. The third-order valence-corrected chi connectivity index (χ3v) is 3.01. The molecule has 0 radical (unpaired) electrons. The first-order valence-corrected chi connectivity index (χ1v) is 6.42. The zero-order chi connectivity index (χ0) is 14.5. The summed E-state index contributed by atoms with van der Waals surface area (Å²) in [6, 6.07) is 10.2. The van der Waals surface area contributed by atoms with Gasteiger partial charge in [0.15, 0.2) is 0 Å². The molecule has 0 fully saturated rings. The summed E-state index contributed by atoms with van der Waals surface area (Å²) in [6.45, 7) is 0. The van der Waals surface area contributed by atoms with Crippen LogP contribution in [0.4, 0.5) is 14.5 Å². The Morgan fingerprint density at radius 1 is 1.10 bits per heavy atom. The van der Waals surface area contributed by atoms with E-state index >= 15 is 0 Å². The summed E-state index contributed by atoms with van der Waals surface area (Å²) in [5.41, 5.74) is 0.941. The lowest BCUT2D eigenvalue weighted by atomic mass is 10.1. The van der Waals surface area contributed by atoms with Gasteiger partial charge >= 0.3 is 0 Å². The minimum atomic E-state index is -0.787. The summed E-state index contributed by atoms with van der Waals surface area (Å²) in [6.07, 6.45) is 0.726. The SMILES string of the molecule is O=C(CCc1ccc(Cl)cc1)Nc1ccc(F)cc1F. The molecular weight excluding hydrogens is 284 g/mol. The molecule has 0 saturated heterocycles. The van der Waals surface area contributed by atoms with Crippen molar-refractivity contribution < 1.29 is 13.6 Å². The van der Waals surface area contributed by atoms with Crippen LogP contribution in [0, 0.1) is 11.6 Å². The van der Waals surface area contributed by atoms with Crippen molar-refractivity contribution in [3.8, 4) is 0 Å². The highest BCUT2D eigenvalue weighted by Gasteiger charge is 2.08. The molecule has 2 nitrogen and oxygen atoms in total. The fourth-order valence-electron chi connectivity index (χ4n) is 1.71. The number of halogens is 3. The van der Waals surface area contributed by atoms with Crippen LogP contribution < -0.4 is 5.32 Å². The maximum Gasteiger partial charge on any atom is 0.224 e. The van der Waals surface area contributed by atoms with Crippen molar-refractivity contribution in [2.75, 3.05) is 5.32 Å². The van der Waals surface area contributed by atoms with Gasteiger partial charge in [-0.25, -0.2) is 8.78 Å². The van der Waals surface area contributed by atoms with Gasteiger partial charge < -0.3 is 5.32 Å². The average molecular weight is 296 g/mol. The summed E-state index contributed by atoms with van der Waals surface area (Å²) in [5.74, 6) is -1.79. The number of hydrogen-bond acceptors (Lipinski definition) is 1. The van der Waals surface area contributed by atoms with Gasteiger partial charge in [0.1, 0.15) is 11.6 Å². The smallest absolute Gasteiger partial charge is 0.224 e. The van der Waals surface area contributed by atoms with Crippen molar-refractivity contribution in [1.29, 1.82) is 0 Å². The highest BCUT2D eigenvalue weighted by molar-refractivity contribution is 6.30. The molecule has 0 saturated carbocycles. The highest BCUT2D eigenvalue weighted by atomic mass is 35.5. The number of hydrogen-bond donors (Lipinski definition) is 1. The van der Waals surface area contributed by atoms with Gasteiger partial charge in [-0.3, -0.25) is 4.79 Å². The highest BCUT2D eigenvalue weighted by Crippen LogP contribution is 2.16. The average Bonchev–Trinajstić information content (AvgIpc) is 2.41. The molecule has 1 N–H and O–H groups in total. The molecule has 0 unspecified atom stereocenters. The van der Waals surface area contributed by atoms with Crippen LogP contribution in [0.1, 0.15) is 12.0 Å². The molecule has 0 heterocycles. The van der Waals surface area contributed by atoms with Gasteiger partial charge in [-0.05, 0) is 36.2 Å². The summed E-state index contributed by atoms with van der Waals surface area (Å²) in [4.78, 5) is 11.7. The predicted molar refractivity (Wildman–Crippen MR) is 74.8 cm³/mol. The van der Waals surface area contributed by atoms with Crippen LogP contribution in [0.5, 0.6) is 0 Å². The molecule has 104 valence electrons. The minimum absolute atomic E-state index is 0.0208. The van der Waals surface area contributed by atoms with Crippen molar-refractivity contribution in [3.63, 3.8) is 0 Å². The Morgan fingerprint density at radius 2 is 1.80 bits per heavy atom. The molecule has 2 rings (SSSR count). The zero-order valence-electron chi connectivity index (χ0n) is 10.5. The molecule has 0 aliphatic rings. The summed E-state index contributed by atoms with van der Waals surface area (Å²) >= 11 is 5.76. The number of aryl methyl sites for hydroxylation is 1. The van der Waals surface area contributed by atoms with E-state index in [0.717, 1.165) is 17.7 Å². The standard InChI is InChI=1S/C15H12ClF2NO/c16-11-4-1-10(2-5-11)3-8-15(20)19-14-7-6-12(17)9-13(14)18/h1-2,4-7,9H,3,8H2,(H,19,20). The second-order valence-corrected chi connectivity index (χ2v) is 4.74. The molecule has 20 heavy (non-hydrogen) atoms. The summed E-state index contributed by atoms with van der Waals surface area (Å²) < 4.78 is 26.1. The lowest BCUT2D eigenvalue weighted by Gasteiger charge is -2.06. The molecular formula is C15H12ClF2NO. The second-order valence-electron chi connectivity index (χ2n) is 4.30. The number of rotatable bonds is 4. The molecule has 0 aliphatic heterocycles. The lowest BCUT2D eigenvalue weighted by Crippen LogP contribution is -2.13. The van der Waals surface area contributed by atoms with Gasteiger partial charge in [-0.15, -0.1) is 0 Å². The zero-order valence-corrected chi connectivity index (χ0v) is 11.3. The normalized spacial score (nSPS) is 10.3. The second kappa shape index (κ2) is 6.48. The molecule has 0 bridgehead atoms. The van der Waals surface area contributed by atoms with E-state index in [4.69, 9.17) is 11.6 Å². The van der Waals surface area contributed by atoms with Crippen molar-refractivity contribution >= 4 is 23.2 Å². The molecule has 5 heteroatoms. The topological polar surface area (TPSA) is 29.1 Å². The first kappa shape index (κ1) is 14.5. The molecule has 2 aromatic rings. The molecule has 0 atom stereocenters. The van der Waals surface area contributed by atoms with E-state index in [1.54, 1.807) is 12.1 Å². The number of anilines is 1. The van der Waals surface area contributed by atoms with Gasteiger partial charge in [0, 0.05) is 17.5 Å². The van der Waals surface area contributed by atoms with Crippen LogP contribution in [0.3, 0.4) is 0 Å². The van der Waals surface area contributed by atoms with Gasteiger partial charge in [0.2, 0.25) is 5.91 Å². The van der Waals surface area contributed by atoms with Gasteiger partial charge in [0.25, 0.3) is 0 Å². The van der Waals surface area contributed by atoms with Crippen molar-refractivity contribution in [2.45, 2.75) is 12.8 Å². The number of carbonyl (C=O) groups excluding carboxylic acids is 1. The molecule has 1 amide bonds. The van der Waals surface area contributed by atoms with E-state index in [1.807, 2.05) is 12.1 Å². The molecule has 0 aliphatic carbocycles. The monoisotopic (exact) mass is 295 g/mol. The molecule has 2 aromatic carbocycles. The Balaban J connectivity index is 1.90. The number of carbonyl (C=O) groups is 1. The summed E-state index contributed by atoms with van der Waals surface area (Å²) in [5, 5.41) is 3.04. The Morgan fingerprint density at radius 3 is 2.45 bits per heavy atom. The number of benzene rings is 2. The van der Waals surface area contributed by atoms with Crippen LogP contribution in [0.15, 0.2) is 42.5 Å². The van der Waals surface area contributed by atoms with Crippen LogP contribution in [0.2, 0.25) is 5.02 Å². The fourth-order valence-corrected chi connectivity index (χ4v) is 1.84. The Labute approximate surface area is 120 Å². The predicted octanol–water partition coefficient (Wildman–Crippen LogP) is 4.19. The maximum atomic E-state index is 13.3. The van der Waals surface area contributed by atoms with Crippen molar-refractivity contribution in [1.82, 2.24) is 0 Å². The van der Waals surface area contributed by atoms with E-state index in [0.29, 0.717) is 11.4 Å². The first-order chi connectivity index (χ1) is 9.54. The van der Waals surface area contributed by atoms with Crippen molar-refractivity contribution in [2.24, 2.45) is 0 Å². The first-order valence-electron chi connectivity index (χ1n) is 6.04. The van der Waals surface area contributed by atoms with Crippen LogP contribution in [-0.4, -0.2) is 5.91 Å². The number of nitrogens with one attached hydrogen (secondary N) is 1. The minimum Gasteiger partial charge on any atom is -0.324 e. The van der Waals surface area contributed by atoms with Gasteiger partial charge in [0.05, 0.1) is 5.69 Å². The quantitative estimate of drug-likeness (QED) is 0.900. The Kier molecular flexibility index (Phi) is 4.69. The van der Waals surface area contributed by atoms with E-state index in [9.17, 15) is 13.6 Å². The van der Waals surface area contributed by atoms with Gasteiger partial charge in [-0.1, -0.05) is 23.7 Å². The number of amides is 1. The van der Waals surface area contributed by atoms with E-state index in [2.05, 4.69) is 5.32 Å². The van der Waals surface area contributed by atoms with E-state index in [1.165, 1.54) is 6.07 Å². The maximum absolute atomic E-state index is 13.3. The van der Waals surface area contributed by atoms with Crippen LogP contribution >= 0.6 is 11.6 Å². The molecule has 0 spiro atoms. The third kappa shape index (κ3) is 4.03. The van der Waals surface area contributed by atoms with E-state index < -0.39 is 11.6 Å². The van der Waals surface area contributed by atoms with E-state index in [-0.39, 0.29) is 18.0 Å². The Hall–Kier alpha value is -1.94. The largest absolute Gasteiger partial charge is 0.324 e. The van der Waals surface area contributed by atoms with Crippen LogP contribution in [-0.2, 0) is 11.2 Å². The van der Waals surface area contributed by atoms with Gasteiger partial charge in [-0.2, -0.15) is 0 Å². The Bertz CT molecular complexity index is 614. The summed E-state index contributed by atoms with van der Waals surface area (Å²) in [7, 11) is 0. The lowest BCUT2D eigenvalue weighted by molar-refractivity contribution is -0.116.